The number of nitrogens with one attached hydrogen (secondary N) is 1. The summed E-state index contributed by atoms with van der Waals surface area (Å²) in [5.74, 6) is -2.64. The van der Waals surface area contributed by atoms with Crippen LogP contribution in [0.3, 0.4) is 0 Å². The van der Waals surface area contributed by atoms with E-state index in [0.717, 1.165) is 13.0 Å². The maximum atomic E-state index is 13.6. The minimum atomic E-state index is -2.64. The van der Waals surface area contributed by atoms with E-state index in [-0.39, 0.29) is 6.42 Å². The van der Waals surface area contributed by atoms with E-state index < -0.39 is 11.5 Å². The molecule has 0 aromatic heterocycles. The van der Waals surface area contributed by atoms with E-state index in [9.17, 15) is 8.78 Å². The first-order valence-electron chi connectivity index (χ1n) is 4.89. The van der Waals surface area contributed by atoms with E-state index in [4.69, 9.17) is 4.74 Å². The highest BCUT2D eigenvalue weighted by molar-refractivity contribution is 5.00. The molecule has 76 valence electrons. The Bertz CT molecular complexity index is 182. The largest absolute Gasteiger partial charge is 0.367 e. The first-order chi connectivity index (χ1) is 6.16. The summed E-state index contributed by atoms with van der Waals surface area (Å²) in [6.07, 6.45) is 1.74. The zero-order valence-corrected chi connectivity index (χ0v) is 7.61. The van der Waals surface area contributed by atoms with Gasteiger partial charge in [0.2, 0.25) is 0 Å². The molecule has 0 radical (unpaired) electrons. The summed E-state index contributed by atoms with van der Waals surface area (Å²) >= 11 is 0. The fraction of sp³-hybridized carbons (Fsp3) is 1.00. The summed E-state index contributed by atoms with van der Waals surface area (Å²) in [7, 11) is 0. The van der Waals surface area contributed by atoms with Crippen LogP contribution in [0.15, 0.2) is 0 Å². The lowest BCUT2D eigenvalue weighted by Crippen LogP contribution is -2.61. The third kappa shape index (κ3) is 1.46. The van der Waals surface area contributed by atoms with Gasteiger partial charge < -0.3 is 10.1 Å². The number of halogens is 2. The van der Waals surface area contributed by atoms with Crippen molar-refractivity contribution in [3.05, 3.63) is 0 Å². The molecule has 4 heteroatoms. The van der Waals surface area contributed by atoms with Crippen LogP contribution in [0.1, 0.15) is 25.7 Å². The van der Waals surface area contributed by atoms with Crippen LogP contribution in [0.25, 0.3) is 0 Å². The number of alkyl halides is 2. The van der Waals surface area contributed by atoms with Crippen molar-refractivity contribution >= 4 is 0 Å². The Kier molecular flexibility index (Phi) is 2.28. The van der Waals surface area contributed by atoms with Crippen LogP contribution < -0.4 is 5.32 Å². The topological polar surface area (TPSA) is 21.3 Å². The molecule has 0 saturated carbocycles. The molecule has 2 fully saturated rings. The maximum absolute atomic E-state index is 13.6. The van der Waals surface area contributed by atoms with Crippen molar-refractivity contribution in [3.63, 3.8) is 0 Å². The van der Waals surface area contributed by atoms with Crippen LogP contribution in [0.5, 0.6) is 0 Å². The summed E-state index contributed by atoms with van der Waals surface area (Å²) in [6.45, 7) is 1.62. The van der Waals surface area contributed by atoms with Gasteiger partial charge in [-0.15, -0.1) is 0 Å². The molecular formula is C9H15F2NO. The minimum absolute atomic E-state index is 0.0192. The smallest absolute Gasteiger partial charge is 0.277 e. The molecule has 13 heavy (non-hydrogen) atoms. The highest BCUT2D eigenvalue weighted by Gasteiger charge is 2.56. The second-order valence-electron chi connectivity index (χ2n) is 3.93. The second-order valence-corrected chi connectivity index (χ2v) is 3.93. The Morgan fingerprint density at radius 2 is 2.00 bits per heavy atom. The molecule has 1 N–H and O–H groups in total. The molecule has 2 aliphatic rings. The summed E-state index contributed by atoms with van der Waals surface area (Å²) in [4.78, 5) is 0. The number of ether oxygens (including phenoxy) is 1. The van der Waals surface area contributed by atoms with Gasteiger partial charge in [-0.25, -0.2) is 8.78 Å². The highest BCUT2D eigenvalue weighted by atomic mass is 19.3. The summed E-state index contributed by atoms with van der Waals surface area (Å²) in [5.41, 5.74) is -1.19. The van der Waals surface area contributed by atoms with Gasteiger partial charge in [-0.2, -0.15) is 0 Å². The van der Waals surface area contributed by atoms with Gasteiger partial charge in [0.25, 0.3) is 5.92 Å². The van der Waals surface area contributed by atoms with E-state index in [1.165, 1.54) is 0 Å². The van der Waals surface area contributed by atoms with Crippen molar-refractivity contribution < 1.29 is 13.5 Å². The molecule has 1 atom stereocenters. The zero-order valence-electron chi connectivity index (χ0n) is 7.61. The van der Waals surface area contributed by atoms with Crippen LogP contribution in [-0.2, 0) is 4.74 Å². The first-order valence-corrected chi connectivity index (χ1v) is 4.89. The predicted octanol–water partition coefficient (Wildman–Crippen LogP) is 1.55. The van der Waals surface area contributed by atoms with Crippen LogP contribution >= 0.6 is 0 Å². The predicted molar refractivity (Wildman–Crippen MR) is 45.0 cm³/mol. The van der Waals surface area contributed by atoms with E-state index >= 15 is 0 Å². The molecule has 2 nitrogen and oxygen atoms in total. The summed E-state index contributed by atoms with van der Waals surface area (Å²) < 4.78 is 32.5. The highest BCUT2D eigenvalue weighted by Crippen LogP contribution is 2.43. The van der Waals surface area contributed by atoms with Crippen molar-refractivity contribution in [2.24, 2.45) is 0 Å². The molecule has 2 aliphatic heterocycles. The van der Waals surface area contributed by atoms with Crippen LogP contribution in [0, 0.1) is 0 Å². The van der Waals surface area contributed by atoms with Crippen LogP contribution in [0.4, 0.5) is 8.78 Å². The lowest BCUT2D eigenvalue weighted by atomic mass is 9.83. The van der Waals surface area contributed by atoms with E-state index in [2.05, 4.69) is 5.32 Å². The molecule has 2 rings (SSSR count). The molecule has 0 amide bonds. The third-order valence-corrected chi connectivity index (χ3v) is 3.02. The van der Waals surface area contributed by atoms with Gasteiger partial charge in [0.05, 0.1) is 0 Å². The lowest BCUT2D eigenvalue weighted by molar-refractivity contribution is -0.243. The fourth-order valence-electron chi connectivity index (χ4n) is 2.21. The molecule has 0 aromatic carbocycles. The van der Waals surface area contributed by atoms with Crippen LogP contribution in [0.2, 0.25) is 0 Å². The first kappa shape index (κ1) is 9.34. The van der Waals surface area contributed by atoms with Gasteiger partial charge in [0, 0.05) is 19.6 Å². The van der Waals surface area contributed by atoms with Crippen molar-refractivity contribution in [2.45, 2.75) is 37.2 Å². The minimum Gasteiger partial charge on any atom is -0.367 e. The number of rotatable bonds is 0. The Labute approximate surface area is 76.6 Å². The van der Waals surface area contributed by atoms with Gasteiger partial charge in [-0.05, 0) is 25.8 Å². The van der Waals surface area contributed by atoms with Gasteiger partial charge >= 0.3 is 0 Å². The van der Waals surface area contributed by atoms with E-state index in [1.54, 1.807) is 0 Å². The molecule has 0 aliphatic carbocycles. The Morgan fingerprint density at radius 3 is 2.62 bits per heavy atom. The van der Waals surface area contributed by atoms with Crippen LogP contribution in [-0.4, -0.2) is 31.2 Å². The number of hydrogen-bond acceptors (Lipinski definition) is 2. The van der Waals surface area contributed by atoms with Crippen molar-refractivity contribution in [3.8, 4) is 0 Å². The monoisotopic (exact) mass is 191 g/mol. The molecule has 1 spiro atoms. The van der Waals surface area contributed by atoms with E-state index in [0.29, 0.717) is 26.0 Å². The fourth-order valence-corrected chi connectivity index (χ4v) is 2.21. The van der Waals surface area contributed by atoms with Gasteiger partial charge in [-0.3, -0.25) is 0 Å². The SMILES string of the molecule is FC1(F)CCCOC12CCCNC2. The number of piperidine rings is 1. The molecule has 2 heterocycles. The quantitative estimate of drug-likeness (QED) is 0.627. The zero-order chi connectivity index (χ0) is 9.36. The molecule has 1 unspecified atom stereocenters. The second kappa shape index (κ2) is 3.17. The summed E-state index contributed by atoms with van der Waals surface area (Å²) in [6, 6.07) is 0. The molecule has 0 bridgehead atoms. The summed E-state index contributed by atoms with van der Waals surface area (Å²) in [5, 5.41) is 3.00. The number of hydrogen-bond donors (Lipinski definition) is 1. The van der Waals surface area contributed by atoms with Gasteiger partial charge in [0.1, 0.15) is 5.60 Å². The average molecular weight is 191 g/mol. The Hall–Kier alpha value is -0.220. The standard InChI is InChI=1S/C9H15F2NO/c10-9(11)4-2-6-13-8(9)3-1-5-12-7-8/h12H,1-7H2. The lowest BCUT2D eigenvalue weighted by Gasteiger charge is -2.45. The Balaban J connectivity index is 2.16. The van der Waals surface area contributed by atoms with Crippen molar-refractivity contribution in [1.82, 2.24) is 5.32 Å². The molecular weight excluding hydrogens is 176 g/mol. The van der Waals surface area contributed by atoms with Crippen molar-refractivity contribution in [2.75, 3.05) is 19.7 Å². The molecule has 0 aromatic rings. The third-order valence-electron chi connectivity index (χ3n) is 3.02. The maximum Gasteiger partial charge on any atom is 0.277 e. The van der Waals surface area contributed by atoms with Gasteiger partial charge in [-0.1, -0.05) is 0 Å². The molecule has 2 saturated heterocycles. The Morgan fingerprint density at radius 1 is 1.15 bits per heavy atom. The van der Waals surface area contributed by atoms with E-state index in [1.807, 2.05) is 0 Å². The van der Waals surface area contributed by atoms with Crippen molar-refractivity contribution in [1.29, 1.82) is 0 Å². The van der Waals surface area contributed by atoms with Gasteiger partial charge in [0.15, 0.2) is 0 Å². The normalized spacial score (nSPS) is 39.2. The average Bonchev–Trinajstić information content (AvgIpc) is 2.12.